The minimum atomic E-state index is -0.128. The van der Waals surface area contributed by atoms with E-state index in [0.717, 1.165) is 4.88 Å². The highest BCUT2D eigenvalue weighted by Crippen LogP contribution is 2.22. The minimum absolute atomic E-state index is 0.101. The van der Waals surface area contributed by atoms with Crippen molar-refractivity contribution in [1.82, 2.24) is 0 Å². The number of thiophene rings is 1. The first-order valence-corrected chi connectivity index (χ1v) is 7.14. The summed E-state index contributed by atoms with van der Waals surface area (Å²) in [6, 6.07) is 10.6. The van der Waals surface area contributed by atoms with E-state index < -0.39 is 0 Å². The summed E-state index contributed by atoms with van der Waals surface area (Å²) >= 11 is 7.21. The van der Waals surface area contributed by atoms with E-state index in [1.165, 1.54) is 18.3 Å². The van der Waals surface area contributed by atoms with Crippen LogP contribution in [0.3, 0.4) is 0 Å². The van der Waals surface area contributed by atoms with Crippen LogP contribution in [0.15, 0.2) is 36.4 Å². The van der Waals surface area contributed by atoms with Crippen LogP contribution in [0, 0.1) is 0 Å². The van der Waals surface area contributed by atoms with E-state index in [1.54, 1.807) is 30.3 Å². The van der Waals surface area contributed by atoms with Crippen LogP contribution in [0.4, 0.5) is 11.4 Å². The molecule has 0 spiro atoms. The zero-order valence-electron chi connectivity index (χ0n) is 10.8. The third-order valence-electron chi connectivity index (χ3n) is 2.45. The van der Waals surface area contributed by atoms with E-state index in [9.17, 15) is 9.59 Å². The Hall–Kier alpha value is -1.85. The number of nitrogens with one attached hydrogen (secondary N) is 2. The van der Waals surface area contributed by atoms with Gasteiger partial charge in [-0.05, 0) is 36.4 Å². The number of anilines is 2. The van der Waals surface area contributed by atoms with Gasteiger partial charge < -0.3 is 10.6 Å². The van der Waals surface area contributed by atoms with E-state index >= 15 is 0 Å². The van der Waals surface area contributed by atoms with Crippen molar-refractivity contribution in [3.63, 3.8) is 0 Å². The molecule has 0 radical (unpaired) electrons. The number of carbonyl (C=O) groups is 2. The standard InChI is InChI=1S/C14H13ClN2O2S/c1-9(18)16-10-2-4-11(5-3-10)17-14(19)8-12-6-7-13(15)20-12/h2-7H,8H2,1H3,(H,16,18)(H,17,19). The van der Waals surface area contributed by atoms with Crippen LogP contribution in [-0.4, -0.2) is 11.8 Å². The zero-order chi connectivity index (χ0) is 14.5. The first kappa shape index (κ1) is 14.6. The molecule has 0 saturated heterocycles. The van der Waals surface area contributed by atoms with E-state index in [1.807, 2.05) is 6.07 Å². The number of benzene rings is 1. The molecule has 0 unspecified atom stereocenters. The second-order valence-electron chi connectivity index (χ2n) is 4.19. The molecule has 0 aliphatic rings. The fraction of sp³-hybridized carbons (Fsp3) is 0.143. The highest BCUT2D eigenvalue weighted by Gasteiger charge is 2.06. The number of hydrogen-bond donors (Lipinski definition) is 2. The average Bonchev–Trinajstić information content (AvgIpc) is 2.76. The van der Waals surface area contributed by atoms with Crippen molar-refractivity contribution in [2.75, 3.05) is 10.6 Å². The van der Waals surface area contributed by atoms with Crippen LogP contribution < -0.4 is 10.6 Å². The van der Waals surface area contributed by atoms with Gasteiger partial charge in [0.2, 0.25) is 11.8 Å². The molecular weight excluding hydrogens is 296 g/mol. The summed E-state index contributed by atoms with van der Waals surface area (Å²) in [4.78, 5) is 23.6. The van der Waals surface area contributed by atoms with Gasteiger partial charge in [0.05, 0.1) is 10.8 Å². The van der Waals surface area contributed by atoms with Crippen molar-refractivity contribution >= 4 is 46.1 Å². The molecule has 0 bridgehead atoms. The van der Waals surface area contributed by atoms with Crippen molar-refractivity contribution in [1.29, 1.82) is 0 Å². The molecule has 0 fully saturated rings. The Kier molecular flexibility index (Phi) is 4.76. The zero-order valence-corrected chi connectivity index (χ0v) is 12.3. The van der Waals surface area contributed by atoms with E-state index in [2.05, 4.69) is 10.6 Å². The Morgan fingerprint density at radius 3 is 2.15 bits per heavy atom. The average molecular weight is 309 g/mol. The summed E-state index contributed by atoms with van der Waals surface area (Å²) in [6.45, 7) is 1.45. The number of carbonyl (C=O) groups excluding carboxylic acids is 2. The number of hydrogen-bond acceptors (Lipinski definition) is 3. The Labute approximate surface area is 125 Å². The van der Waals surface area contributed by atoms with Crippen LogP contribution in [0.25, 0.3) is 0 Å². The number of amides is 2. The second kappa shape index (κ2) is 6.54. The van der Waals surface area contributed by atoms with Gasteiger partial charge in [0.1, 0.15) is 0 Å². The molecule has 104 valence electrons. The summed E-state index contributed by atoms with van der Waals surface area (Å²) in [5, 5.41) is 5.46. The summed E-state index contributed by atoms with van der Waals surface area (Å²) in [5.74, 6) is -0.229. The SMILES string of the molecule is CC(=O)Nc1ccc(NC(=O)Cc2ccc(Cl)s2)cc1. The van der Waals surface area contributed by atoms with Crippen molar-refractivity contribution in [2.24, 2.45) is 0 Å². The van der Waals surface area contributed by atoms with Crippen LogP contribution in [0.2, 0.25) is 4.34 Å². The molecule has 1 aromatic heterocycles. The molecule has 6 heteroatoms. The molecule has 2 rings (SSSR count). The highest BCUT2D eigenvalue weighted by atomic mass is 35.5. The third kappa shape index (κ3) is 4.36. The van der Waals surface area contributed by atoms with Crippen LogP contribution in [0.5, 0.6) is 0 Å². The Morgan fingerprint density at radius 1 is 1.05 bits per heavy atom. The normalized spacial score (nSPS) is 10.1. The molecule has 1 aromatic carbocycles. The predicted molar refractivity (Wildman–Crippen MR) is 82.4 cm³/mol. The molecular formula is C14H13ClN2O2S. The lowest BCUT2D eigenvalue weighted by atomic mass is 10.2. The van der Waals surface area contributed by atoms with E-state index in [0.29, 0.717) is 22.1 Å². The minimum Gasteiger partial charge on any atom is -0.326 e. The number of rotatable bonds is 4. The molecule has 2 amide bonds. The lowest BCUT2D eigenvalue weighted by Crippen LogP contribution is -2.13. The maximum atomic E-state index is 11.8. The van der Waals surface area contributed by atoms with Gasteiger partial charge in [0.25, 0.3) is 0 Å². The van der Waals surface area contributed by atoms with Gasteiger partial charge in [-0.25, -0.2) is 0 Å². The summed E-state index contributed by atoms with van der Waals surface area (Å²) in [6.07, 6.45) is 0.296. The van der Waals surface area contributed by atoms with E-state index in [4.69, 9.17) is 11.6 Å². The maximum absolute atomic E-state index is 11.8. The first-order chi connectivity index (χ1) is 9.52. The second-order valence-corrected chi connectivity index (χ2v) is 5.99. The van der Waals surface area contributed by atoms with Gasteiger partial charge in [0.15, 0.2) is 0 Å². The third-order valence-corrected chi connectivity index (χ3v) is 3.68. The van der Waals surface area contributed by atoms with Crippen LogP contribution in [-0.2, 0) is 16.0 Å². The van der Waals surface area contributed by atoms with Gasteiger partial charge in [0, 0.05) is 23.2 Å². The van der Waals surface area contributed by atoms with Gasteiger partial charge >= 0.3 is 0 Å². The fourth-order valence-electron chi connectivity index (χ4n) is 1.65. The van der Waals surface area contributed by atoms with Crippen molar-refractivity contribution in [2.45, 2.75) is 13.3 Å². The van der Waals surface area contributed by atoms with Gasteiger partial charge in [-0.15, -0.1) is 11.3 Å². The summed E-state index contributed by atoms with van der Waals surface area (Å²) in [7, 11) is 0. The van der Waals surface area contributed by atoms with Crippen LogP contribution >= 0.6 is 22.9 Å². The Bertz CT molecular complexity index is 622. The molecule has 20 heavy (non-hydrogen) atoms. The smallest absolute Gasteiger partial charge is 0.229 e. The molecule has 2 aromatic rings. The highest BCUT2D eigenvalue weighted by molar-refractivity contribution is 7.16. The quantitative estimate of drug-likeness (QED) is 0.907. The molecule has 0 aliphatic carbocycles. The maximum Gasteiger partial charge on any atom is 0.229 e. The molecule has 4 nitrogen and oxygen atoms in total. The van der Waals surface area contributed by atoms with Crippen molar-refractivity contribution in [3.05, 3.63) is 45.6 Å². The molecule has 0 saturated carbocycles. The number of halogens is 1. The van der Waals surface area contributed by atoms with Gasteiger partial charge in [-0.2, -0.15) is 0 Å². The van der Waals surface area contributed by atoms with Gasteiger partial charge in [-0.1, -0.05) is 11.6 Å². The molecule has 0 aliphatic heterocycles. The fourth-order valence-corrected chi connectivity index (χ4v) is 2.74. The van der Waals surface area contributed by atoms with E-state index in [-0.39, 0.29) is 11.8 Å². The molecule has 0 atom stereocenters. The largest absolute Gasteiger partial charge is 0.326 e. The van der Waals surface area contributed by atoms with Crippen LogP contribution in [0.1, 0.15) is 11.8 Å². The van der Waals surface area contributed by atoms with Crippen molar-refractivity contribution < 1.29 is 9.59 Å². The van der Waals surface area contributed by atoms with Crippen molar-refractivity contribution in [3.8, 4) is 0 Å². The first-order valence-electron chi connectivity index (χ1n) is 5.94. The summed E-state index contributed by atoms with van der Waals surface area (Å²) < 4.78 is 0.674. The molecule has 1 heterocycles. The summed E-state index contributed by atoms with van der Waals surface area (Å²) in [5.41, 5.74) is 1.38. The topological polar surface area (TPSA) is 58.2 Å². The monoisotopic (exact) mass is 308 g/mol. The predicted octanol–water partition coefficient (Wildman–Crippen LogP) is 3.54. The Balaban J connectivity index is 1.92. The lowest BCUT2D eigenvalue weighted by molar-refractivity contribution is -0.116. The van der Waals surface area contributed by atoms with Gasteiger partial charge in [-0.3, -0.25) is 9.59 Å². The lowest BCUT2D eigenvalue weighted by Gasteiger charge is -2.06. The molecule has 2 N–H and O–H groups in total. The Morgan fingerprint density at radius 2 is 1.65 bits per heavy atom.